The van der Waals surface area contributed by atoms with Crippen LogP contribution in [0, 0.1) is 0 Å². The molecule has 1 rings (SSSR count). The summed E-state index contributed by atoms with van der Waals surface area (Å²) in [6.45, 7) is 0. The average Bonchev–Trinajstić information content (AvgIpc) is 2.15. The molecule has 1 aromatic carbocycles. The van der Waals surface area contributed by atoms with Crippen molar-refractivity contribution in [2.45, 2.75) is 6.18 Å². The van der Waals surface area contributed by atoms with E-state index in [1.165, 1.54) is 13.1 Å². The number of hydrogen-bond acceptors (Lipinski definition) is 2. The second-order valence-corrected chi connectivity index (χ2v) is 2.78. The molecule has 15 heavy (non-hydrogen) atoms. The second-order valence-electron chi connectivity index (χ2n) is 2.78. The fourth-order valence-corrected chi connectivity index (χ4v) is 1.23. The molecule has 0 aliphatic carbocycles. The van der Waals surface area contributed by atoms with E-state index in [1.807, 2.05) is 0 Å². The summed E-state index contributed by atoms with van der Waals surface area (Å²) in [5, 5.41) is 11.1. The Kier molecular flexibility index (Phi) is 2.88. The smallest absolute Gasteiger partial charge is 0.417 e. The highest BCUT2D eigenvalue weighted by Crippen LogP contribution is 2.34. The predicted octanol–water partition coefficient (Wildman–Crippen LogP) is 2.45. The molecule has 0 fully saturated rings. The second kappa shape index (κ2) is 3.80. The molecule has 0 atom stereocenters. The summed E-state index contributed by atoms with van der Waals surface area (Å²) < 4.78 is 37.3. The van der Waals surface area contributed by atoms with Gasteiger partial charge in [-0.25, -0.2) is 4.79 Å². The first-order valence-corrected chi connectivity index (χ1v) is 3.99. The van der Waals surface area contributed by atoms with Crippen molar-refractivity contribution in [3.63, 3.8) is 0 Å². The molecule has 0 amide bonds. The topological polar surface area (TPSA) is 49.3 Å². The van der Waals surface area contributed by atoms with Gasteiger partial charge in [0.1, 0.15) is 0 Å². The Morgan fingerprint density at radius 2 is 2.00 bits per heavy atom. The van der Waals surface area contributed by atoms with Gasteiger partial charge in [0.05, 0.1) is 11.1 Å². The first-order valence-electron chi connectivity index (χ1n) is 3.99. The standard InChI is InChI=1S/C9H8F3NO2/c1-13-6-4-2-3-5(9(10,11)12)7(6)8(14)15/h2-4,13H,1H3,(H,14,15). The maximum Gasteiger partial charge on any atom is 0.417 e. The van der Waals surface area contributed by atoms with Gasteiger partial charge in [-0.2, -0.15) is 13.2 Å². The van der Waals surface area contributed by atoms with E-state index in [1.54, 1.807) is 0 Å². The van der Waals surface area contributed by atoms with E-state index in [4.69, 9.17) is 5.11 Å². The van der Waals surface area contributed by atoms with Crippen LogP contribution in [0.3, 0.4) is 0 Å². The minimum atomic E-state index is -4.67. The van der Waals surface area contributed by atoms with E-state index >= 15 is 0 Å². The lowest BCUT2D eigenvalue weighted by Crippen LogP contribution is -2.14. The van der Waals surface area contributed by atoms with E-state index in [0.717, 1.165) is 12.1 Å². The first-order chi connectivity index (χ1) is 6.88. The third-order valence-electron chi connectivity index (χ3n) is 1.85. The molecule has 2 N–H and O–H groups in total. The Balaban J connectivity index is 3.46. The summed E-state index contributed by atoms with van der Waals surface area (Å²) in [7, 11) is 1.36. The van der Waals surface area contributed by atoms with E-state index < -0.39 is 23.3 Å². The summed E-state index contributed by atoms with van der Waals surface area (Å²) >= 11 is 0. The molecule has 0 aliphatic rings. The van der Waals surface area contributed by atoms with E-state index in [2.05, 4.69) is 5.32 Å². The molecule has 0 unspecified atom stereocenters. The molecule has 0 aliphatic heterocycles. The lowest BCUT2D eigenvalue weighted by atomic mass is 10.0. The molecule has 0 radical (unpaired) electrons. The van der Waals surface area contributed by atoms with Gasteiger partial charge in [0.2, 0.25) is 0 Å². The van der Waals surface area contributed by atoms with Crippen LogP contribution in [0.4, 0.5) is 18.9 Å². The van der Waals surface area contributed by atoms with Crippen LogP contribution in [0.15, 0.2) is 18.2 Å². The van der Waals surface area contributed by atoms with Crippen molar-refractivity contribution in [1.29, 1.82) is 0 Å². The maximum atomic E-state index is 12.4. The van der Waals surface area contributed by atoms with Crippen molar-refractivity contribution in [3.8, 4) is 0 Å². The molecule has 0 heterocycles. The molecule has 0 aromatic heterocycles. The summed E-state index contributed by atoms with van der Waals surface area (Å²) in [5.74, 6) is -1.60. The van der Waals surface area contributed by atoms with Gasteiger partial charge in [0, 0.05) is 12.7 Å². The zero-order valence-corrected chi connectivity index (χ0v) is 7.72. The van der Waals surface area contributed by atoms with Crippen LogP contribution in [0.2, 0.25) is 0 Å². The first kappa shape index (κ1) is 11.4. The Morgan fingerprint density at radius 1 is 1.40 bits per heavy atom. The SMILES string of the molecule is CNc1cccc(C(F)(F)F)c1C(=O)O. The fourth-order valence-electron chi connectivity index (χ4n) is 1.23. The maximum absolute atomic E-state index is 12.4. The molecule has 82 valence electrons. The number of rotatable bonds is 2. The van der Waals surface area contributed by atoms with Gasteiger partial charge in [-0.1, -0.05) is 6.07 Å². The molecular weight excluding hydrogens is 211 g/mol. The van der Waals surface area contributed by atoms with Crippen LogP contribution in [-0.4, -0.2) is 18.1 Å². The summed E-state index contributed by atoms with van der Waals surface area (Å²) in [4.78, 5) is 10.7. The Hall–Kier alpha value is -1.72. The Bertz CT molecular complexity index is 387. The van der Waals surface area contributed by atoms with Crippen LogP contribution >= 0.6 is 0 Å². The van der Waals surface area contributed by atoms with Gasteiger partial charge >= 0.3 is 12.1 Å². The third-order valence-corrected chi connectivity index (χ3v) is 1.85. The van der Waals surface area contributed by atoms with Gasteiger partial charge in [-0.05, 0) is 12.1 Å². The van der Waals surface area contributed by atoms with E-state index in [0.29, 0.717) is 0 Å². The summed E-state index contributed by atoms with van der Waals surface area (Å²) in [6, 6.07) is 3.17. The highest BCUT2D eigenvalue weighted by molar-refractivity contribution is 5.96. The number of aromatic carboxylic acids is 1. The minimum absolute atomic E-state index is 0.0580. The van der Waals surface area contributed by atoms with Crippen molar-refractivity contribution in [1.82, 2.24) is 0 Å². The van der Waals surface area contributed by atoms with Crippen LogP contribution in [-0.2, 0) is 6.18 Å². The molecule has 0 spiro atoms. The van der Waals surface area contributed by atoms with Crippen molar-refractivity contribution >= 4 is 11.7 Å². The van der Waals surface area contributed by atoms with Crippen LogP contribution in [0.1, 0.15) is 15.9 Å². The van der Waals surface area contributed by atoms with Crippen molar-refractivity contribution in [3.05, 3.63) is 29.3 Å². The van der Waals surface area contributed by atoms with Gasteiger partial charge in [-0.3, -0.25) is 0 Å². The molecule has 0 saturated heterocycles. The predicted molar refractivity (Wildman–Crippen MR) is 48.0 cm³/mol. The number of anilines is 1. The van der Waals surface area contributed by atoms with Crippen molar-refractivity contribution in [2.75, 3.05) is 12.4 Å². The number of benzene rings is 1. The van der Waals surface area contributed by atoms with Gasteiger partial charge in [0.15, 0.2) is 0 Å². The number of carboxylic acid groups (broad SMARTS) is 1. The molecule has 0 saturated carbocycles. The Morgan fingerprint density at radius 3 is 2.40 bits per heavy atom. The number of halogens is 3. The molecule has 0 bridgehead atoms. The average molecular weight is 219 g/mol. The van der Waals surface area contributed by atoms with Crippen molar-refractivity contribution < 1.29 is 23.1 Å². The molecule has 6 heteroatoms. The number of carboxylic acids is 1. The van der Waals surface area contributed by atoms with Crippen molar-refractivity contribution in [2.24, 2.45) is 0 Å². The number of nitrogens with one attached hydrogen (secondary N) is 1. The zero-order chi connectivity index (χ0) is 11.6. The molecule has 3 nitrogen and oxygen atoms in total. The van der Waals surface area contributed by atoms with E-state index in [-0.39, 0.29) is 5.69 Å². The van der Waals surface area contributed by atoms with Crippen LogP contribution in [0.25, 0.3) is 0 Å². The van der Waals surface area contributed by atoms with Gasteiger partial charge in [0.25, 0.3) is 0 Å². The Labute approximate surface area is 83.5 Å². The lowest BCUT2D eigenvalue weighted by molar-refractivity contribution is -0.138. The number of carbonyl (C=O) groups is 1. The highest BCUT2D eigenvalue weighted by atomic mass is 19.4. The normalized spacial score (nSPS) is 11.2. The third kappa shape index (κ3) is 2.20. The molecule has 1 aromatic rings. The quantitative estimate of drug-likeness (QED) is 0.803. The van der Waals surface area contributed by atoms with Gasteiger partial charge < -0.3 is 10.4 Å². The lowest BCUT2D eigenvalue weighted by Gasteiger charge is -2.13. The fraction of sp³-hybridized carbons (Fsp3) is 0.222. The zero-order valence-electron chi connectivity index (χ0n) is 7.72. The summed E-state index contributed by atoms with van der Waals surface area (Å²) in [5.41, 5.74) is -1.97. The minimum Gasteiger partial charge on any atom is -0.478 e. The van der Waals surface area contributed by atoms with Crippen LogP contribution < -0.4 is 5.32 Å². The highest BCUT2D eigenvalue weighted by Gasteiger charge is 2.36. The largest absolute Gasteiger partial charge is 0.478 e. The van der Waals surface area contributed by atoms with E-state index in [9.17, 15) is 18.0 Å². The summed E-state index contributed by atoms with van der Waals surface area (Å²) in [6.07, 6.45) is -4.67. The van der Waals surface area contributed by atoms with Crippen LogP contribution in [0.5, 0.6) is 0 Å². The molecular formula is C9H8F3NO2. The number of alkyl halides is 3. The van der Waals surface area contributed by atoms with Gasteiger partial charge in [-0.15, -0.1) is 0 Å². The number of hydrogen-bond donors (Lipinski definition) is 2. The monoisotopic (exact) mass is 219 g/mol.